The highest BCUT2D eigenvalue weighted by atomic mass is 19.1. The standard InChI is InChI=1S/C14H12FN3O/c15-9-3-4-11-10(6-9)14(19)17-5-1-2-12(17)13-7-16-8-18(11)13/h3-4,6-8,12H,1-2,5H2. The maximum absolute atomic E-state index is 13.5. The number of nitrogens with zero attached hydrogens (tertiary/aromatic N) is 3. The van der Waals surface area contributed by atoms with Crippen LogP contribution in [0, 0.1) is 5.82 Å². The van der Waals surface area contributed by atoms with Gasteiger partial charge in [-0.15, -0.1) is 0 Å². The van der Waals surface area contributed by atoms with Crippen molar-refractivity contribution in [1.29, 1.82) is 0 Å². The van der Waals surface area contributed by atoms with Crippen LogP contribution in [0.5, 0.6) is 0 Å². The minimum Gasteiger partial charge on any atom is -0.330 e. The summed E-state index contributed by atoms with van der Waals surface area (Å²) in [6, 6.07) is 4.41. The number of hydrogen-bond donors (Lipinski definition) is 0. The summed E-state index contributed by atoms with van der Waals surface area (Å²) in [7, 11) is 0. The molecule has 0 aliphatic carbocycles. The molecule has 4 nitrogen and oxygen atoms in total. The molecule has 3 heterocycles. The van der Waals surface area contributed by atoms with Gasteiger partial charge >= 0.3 is 0 Å². The van der Waals surface area contributed by atoms with Crippen LogP contribution in [0.25, 0.3) is 5.69 Å². The zero-order chi connectivity index (χ0) is 13.0. The fourth-order valence-electron chi connectivity index (χ4n) is 3.11. The zero-order valence-corrected chi connectivity index (χ0v) is 10.2. The molecule has 0 bridgehead atoms. The normalized spacial score (nSPS) is 20.8. The average Bonchev–Trinajstić information content (AvgIpc) is 3.04. The Bertz CT molecular complexity index is 679. The molecular weight excluding hydrogens is 245 g/mol. The lowest BCUT2D eigenvalue weighted by atomic mass is 10.1. The number of hydrogen-bond acceptors (Lipinski definition) is 2. The summed E-state index contributed by atoms with van der Waals surface area (Å²) in [6.07, 6.45) is 5.41. The van der Waals surface area contributed by atoms with Crippen LogP contribution < -0.4 is 0 Å². The van der Waals surface area contributed by atoms with Gasteiger partial charge in [0.25, 0.3) is 5.91 Å². The van der Waals surface area contributed by atoms with E-state index in [9.17, 15) is 9.18 Å². The lowest BCUT2D eigenvalue weighted by molar-refractivity contribution is 0.0738. The topological polar surface area (TPSA) is 38.1 Å². The highest BCUT2D eigenvalue weighted by Gasteiger charge is 2.36. The molecule has 1 atom stereocenters. The van der Waals surface area contributed by atoms with E-state index in [4.69, 9.17) is 0 Å². The second-order valence-electron chi connectivity index (χ2n) is 5.01. The first-order valence-corrected chi connectivity index (χ1v) is 6.39. The molecule has 0 N–H and O–H groups in total. The molecule has 2 aromatic rings. The van der Waals surface area contributed by atoms with Crippen LogP contribution in [0.15, 0.2) is 30.7 Å². The molecule has 4 rings (SSSR count). The average molecular weight is 257 g/mol. The summed E-state index contributed by atoms with van der Waals surface area (Å²) in [5, 5.41) is 0. The summed E-state index contributed by atoms with van der Waals surface area (Å²) in [4.78, 5) is 18.6. The molecule has 2 aliphatic rings. The molecule has 19 heavy (non-hydrogen) atoms. The van der Waals surface area contributed by atoms with Crippen molar-refractivity contribution in [3.05, 3.63) is 47.8 Å². The molecule has 0 saturated carbocycles. The van der Waals surface area contributed by atoms with Gasteiger partial charge in [0.1, 0.15) is 5.82 Å². The van der Waals surface area contributed by atoms with Crippen molar-refractivity contribution in [3.63, 3.8) is 0 Å². The third-order valence-corrected chi connectivity index (χ3v) is 3.97. The number of fused-ring (bicyclic) bond motifs is 5. The number of carbonyl (C=O) groups excluding carboxylic acids is 1. The maximum Gasteiger partial charge on any atom is 0.256 e. The molecule has 1 saturated heterocycles. The Kier molecular flexibility index (Phi) is 2.07. The number of amides is 1. The van der Waals surface area contributed by atoms with E-state index in [0.717, 1.165) is 25.1 Å². The van der Waals surface area contributed by atoms with E-state index in [1.54, 1.807) is 18.6 Å². The minimum absolute atomic E-state index is 0.0606. The number of rotatable bonds is 0. The van der Waals surface area contributed by atoms with E-state index in [0.29, 0.717) is 11.3 Å². The molecule has 0 radical (unpaired) electrons. The van der Waals surface area contributed by atoms with Crippen LogP contribution in [-0.4, -0.2) is 26.9 Å². The van der Waals surface area contributed by atoms with Gasteiger partial charge in [-0.25, -0.2) is 9.37 Å². The van der Waals surface area contributed by atoms with Crippen LogP contribution >= 0.6 is 0 Å². The smallest absolute Gasteiger partial charge is 0.256 e. The number of halogens is 1. The van der Waals surface area contributed by atoms with Gasteiger partial charge in [-0.05, 0) is 31.0 Å². The molecule has 1 amide bonds. The van der Waals surface area contributed by atoms with Crippen LogP contribution in [0.2, 0.25) is 0 Å². The first-order chi connectivity index (χ1) is 9.25. The SMILES string of the molecule is O=C1c2cc(F)ccc2-n2cncc2C2CCCN12. The van der Waals surface area contributed by atoms with Gasteiger partial charge in [-0.2, -0.15) is 0 Å². The fourth-order valence-corrected chi connectivity index (χ4v) is 3.11. The van der Waals surface area contributed by atoms with E-state index in [1.807, 2.05) is 9.47 Å². The van der Waals surface area contributed by atoms with E-state index in [1.165, 1.54) is 12.1 Å². The van der Waals surface area contributed by atoms with Crippen molar-refractivity contribution in [2.45, 2.75) is 18.9 Å². The first kappa shape index (κ1) is 10.7. The van der Waals surface area contributed by atoms with E-state index in [-0.39, 0.29) is 17.8 Å². The van der Waals surface area contributed by atoms with E-state index in [2.05, 4.69) is 4.98 Å². The second-order valence-corrected chi connectivity index (χ2v) is 5.01. The number of benzene rings is 1. The van der Waals surface area contributed by atoms with Crippen LogP contribution in [0.1, 0.15) is 34.9 Å². The molecule has 1 aromatic heterocycles. The largest absolute Gasteiger partial charge is 0.330 e. The minimum atomic E-state index is -0.383. The zero-order valence-electron chi connectivity index (χ0n) is 10.2. The number of imidazole rings is 1. The quantitative estimate of drug-likeness (QED) is 0.726. The fraction of sp³-hybridized carbons (Fsp3) is 0.286. The van der Waals surface area contributed by atoms with Crippen molar-refractivity contribution in [2.24, 2.45) is 0 Å². The van der Waals surface area contributed by atoms with E-state index < -0.39 is 0 Å². The van der Waals surface area contributed by atoms with Crippen molar-refractivity contribution in [1.82, 2.24) is 14.5 Å². The summed E-state index contributed by atoms with van der Waals surface area (Å²) in [5.41, 5.74) is 2.15. The second kappa shape index (κ2) is 3.66. The van der Waals surface area contributed by atoms with Crippen LogP contribution in [0.4, 0.5) is 4.39 Å². The first-order valence-electron chi connectivity index (χ1n) is 6.39. The third-order valence-electron chi connectivity index (χ3n) is 3.97. The Morgan fingerprint density at radius 3 is 3.16 bits per heavy atom. The van der Waals surface area contributed by atoms with Crippen molar-refractivity contribution in [3.8, 4) is 5.69 Å². The predicted molar refractivity (Wildman–Crippen MR) is 66.5 cm³/mol. The Morgan fingerprint density at radius 2 is 2.26 bits per heavy atom. The molecule has 1 aromatic carbocycles. The van der Waals surface area contributed by atoms with Crippen molar-refractivity contribution >= 4 is 5.91 Å². The summed E-state index contributed by atoms with van der Waals surface area (Å²) in [6.45, 7) is 0.727. The molecular formula is C14H12FN3O. The number of carbonyl (C=O) groups is 1. The highest BCUT2D eigenvalue weighted by molar-refractivity contribution is 5.98. The summed E-state index contributed by atoms with van der Waals surface area (Å²) in [5.74, 6) is -0.466. The molecule has 1 fully saturated rings. The van der Waals surface area contributed by atoms with Gasteiger partial charge in [0.15, 0.2) is 0 Å². The molecule has 2 aliphatic heterocycles. The van der Waals surface area contributed by atoms with Gasteiger partial charge < -0.3 is 9.47 Å². The lowest BCUT2D eigenvalue weighted by Crippen LogP contribution is -2.29. The molecule has 1 unspecified atom stereocenters. The van der Waals surface area contributed by atoms with Gasteiger partial charge in [0.05, 0.1) is 35.5 Å². The highest BCUT2D eigenvalue weighted by Crippen LogP contribution is 2.38. The predicted octanol–water partition coefficient (Wildman–Crippen LogP) is 2.30. The van der Waals surface area contributed by atoms with Crippen molar-refractivity contribution < 1.29 is 9.18 Å². The Hall–Kier alpha value is -2.17. The Labute approximate surface area is 109 Å². The van der Waals surface area contributed by atoms with Gasteiger partial charge in [-0.1, -0.05) is 0 Å². The van der Waals surface area contributed by atoms with Gasteiger partial charge in [0, 0.05) is 6.54 Å². The molecule has 0 spiro atoms. The number of aromatic nitrogens is 2. The van der Waals surface area contributed by atoms with Gasteiger partial charge in [-0.3, -0.25) is 4.79 Å². The van der Waals surface area contributed by atoms with Gasteiger partial charge in [0.2, 0.25) is 0 Å². The monoisotopic (exact) mass is 257 g/mol. The summed E-state index contributed by atoms with van der Waals surface area (Å²) < 4.78 is 15.4. The Balaban J connectivity index is 2.03. The lowest BCUT2D eigenvalue weighted by Gasteiger charge is -2.21. The Morgan fingerprint density at radius 1 is 1.37 bits per heavy atom. The van der Waals surface area contributed by atoms with Crippen LogP contribution in [-0.2, 0) is 0 Å². The third kappa shape index (κ3) is 1.38. The summed E-state index contributed by atoms with van der Waals surface area (Å²) >= 11 is 0. The maximum atomic E-state index is 13.5. The van der Waals surface area contributed by atoms with E-state index >= 15 is 0 Å². The molecule has 5 heteroatoms. The van der Waals surface area contributed by atoms with Crippen molar-refractivity contribution in [2.75, 3.05) is 6.54 Å². The van der Waals surface area contributed by atoms with Crippen LogP contribution in [0.3, 0.4) is 0 Å². The molecule has 96 valence electrons.